The average molecular weight is 332 g/mol. The number of hydrazine groups is 1. The number of hydrogen-bond acceptors (Lipinski definition) is 4. The molecule has 2 aromatic rings. The summed E-state index contributed by atoms with van der Waals surface area (Å²) in [7, 11) is 0. The first-order chi connectivity index (χ1) is 10.3. The fourth-order valence-corrected chi connectivity index (χ4v) is 1.73. The molecule has 0 atom stereocenters. The summed E-state index contributed by atoms with van der Waals surface area (Å²) in [6.45, 7) is 0. The molecule has 0 aliphatic carbocycles. The van der Waals surface area contributed by atoms with E-state index >= 15 is 0 Å². The average Bonchev–Trinajstić information content (AvgIpc) is 2.48. The minimum Gasteiger partial charge on any atom is -0.438 e. The second-order valence-corrected chi connectivity index (χ2v) is 4.52. The molecule has 9 heteroatoms. The number of benzene rings is 1. The van der Waals surface area contributed by atoms with Crippen molar-refractivity contribution in [1.82, 2.24) is 10.4 Å². The van der Waals surface area contributed by atoms with E-state index in [4.69, 9.17) is 22.2 Å². The number of nitrogen functional groups attached to an aromatic ring is 1. The molecule has 2 rings (SSSR count). The second kappa shape index (κ2) is 6.20. The van der Waals surface area contributed by atoms with Gasteiger partial charge in [-0.05, 0) is 30.3 Å². The van der Waals surface area contributed by atoms with Crippen LogP contribution in [-0.2, 0) is 6.18 Å². The third-order valence-corrected chi connectivity index (χ3v) is 2.87. The zero-order valence-electron chi connectivity index (χ0n) is 10.8. The lowest BCUT2D eigenvalue weighted by Gasteiger charge is -2.10. The van der Waals surface area contributed by atoms with Crippen molar-refractivity contribution in [3.63, 3.8) is 0 Å². The van der Waals surface area contributed by atoms with Gasteiger partial charge in [-0.15, -0.1) is 0 Å². The van der Waals surface area contributed by atoms with E-state index in [0.717, 1.165) is 6.07 Å². The van der Waals surface area contributed by atoms with Crippen LogP contribution in [0.5, 0.6) is 11.6 Å². The zero-order valence-corrected chi connectivity index (χ0v) is 11.6. The van der Waals surface area contributed by atoms with Crippen LogP contribution in [0, 0.1) is 0 Å². The predicted molar refractivity (Wildman–Crippen MR) is 72.4 cm³/mol. The smallest absolute Gasteiger partial charge is 0.417 e. The summed E-state index contributed by atoms with van der Waals surface area (Å²) >= 11 is 5.72. The van der Waals surface area contributed by atoms with Gasteiger partial charge < -0.3 is 4.74 Å². The van der Waals surface area contributed by atoms with Crippen LogP contribution < -0.4 is 16.0 Å². The Morgan fingerprint density at radius 1 is 1.27 bits per heavy atom. The number of halogens is 4. The number of aromatic nitrogens is 1. The van der Waals surface area contributed by atoms with Crippen molar-refractivity contribution in [2.45, 2.75) is 6.18 Å². The van der Waals surface area contributed by atoms with Gasteiger partial charge in [-0.25, -0.2) is 10.8 Å². The van der Waals surface area contributed by atoms with Crippen molar-refractivity contribution in [2.24, 2.45) is 5.84 Å². The molecular formula is C13H9ClF3N3O2. The summed E-state index contributed by atoms with van der Waals surface area (Å²) in [5, 5.41) is -0.279. The van der Waals surface area contributed by atoms with Crippen molar-refractivity contribution >= 4 is 17.5 Å². The standard InChI is InChI=1S/C13H9ClF3N3O2/c14-10-5-8(13(15,16)17)6-19-12(10)22-9-3-1-7(2-4-9)11(21)20-18/h1-6H,18H2,(H,20,21). The summed E-state index contributed by atoms with van der Waals surface area (Å²) in [6.07, 6.45) is -3.91. The van der Waals surface area contributed by atoms with Gasteiger partial charge in [0.1, 0.15) is 10.8 Å². The molecule has 0 aliphatic heterocycles. The highest BCUT2D eigenvalue weighted by atomic mass is 35.5. The highest BCUT2D eigenvalue weighted by Crippen LogP contribution is 2.34. The maximum atomic E-state index is 12.5. The molecular weight excluding hydrogens is 323 g/mol. The lowest BCUT2D eigenvalue weighted by Crippen LogP contribution is -2.29. The van der Waals surface area contributed by atoms with Crippen LogP contribution in [0.15, 0.2) is 36.5 Å². The Hall–Kier alpha value is -2.32. The summed E-state index contributed by atoms with van der Waals surface area (Å²) < 4.78 is 42.7. The third-order valence-electron chi connectivity index (χ3n) is 2.60. The minimum atomic E-state index is -4.54. The Bertz CT molecular complexity index is 690. The maximum Gasteiger partial charge on any atom is 0.417 e. The molecule has 3 N–H and O–H groups in total. The second-order valence-electron chi connectivity index (χ2n) is 4.11. The van der Waals surface area contributed by atoms with Crippen molar-refractivity contribution in [3.05, 3.63) is 52.7 Å². The predicted octanol–water partition coefficient (Wildman–Crippen LogP) is 3.15. The van der Waals surface area contributed by atoms with Gasteiger partial charge in [-0.3, -0.25) is 10.2 Å². The molecule has 0 saturated heterocycles. The van der Waals surface area contributed by atoms with E-state index in [0.29, 0.717) is 11.8 Å². The number of rotatable bonds is 3. The van der Waals surface area contributed by atoms with E-state index in [9.17, 15) is 18.0 Å². The van der Waals surface area contributed by atoms with E-state index in [-0.39, 0.29) is 16.7 Å². The number of nitrogens with zero attached hydrogens (tertiary/aromatic N) is 1. The molecule has 0 bridgehead atoms. The van der Waals surface area contributed by atoms with Crippen molar-refractivity contribution < 1.29 is 22.7 Å². The number of pyridine rings is 1. The SMILES string of the molecule is NNC(=O)c1ccc(Oc2ncc(C(F)(F)F)cc2Cl)cc1. The Morgan fingerprint density at radius 2 is 1.91 bits per heavy atom. The van der Waals surface area contributed by atoms with Crippen LogP contribution in [0.3, 0.4) is 0 Å². The lowest BCUT2D eigenvalue weighted by atomic mass is 10.2. The van der Waals surface area contributed by atoms with E-state index < -0.39 is 17.6 Å². The summed E-state index contributed by atoms with van der Waals surface area (Å²) in [5.74, 6) is 4.57. The Labute approximate surface area is 127 Å². The van der Waals surface area contributed by atoms with Crippen LogP contribution in [0.2, 0.25) is 5.02 Å². The largest absolute Gasteiger partial charge is 0.438 e. The molecule has 0 radical (unpaired) electrons. The molecule has 1 aromatic carbocycles. The number of carbonyl (C=O) groups is 1. The highest BCUT2D eigenvalue weighted by Gasteiger charge is 2.31. The molecule has 0 aliphatic rings. The molecule has 0 unspecified atom stereocenters. The van der Waals surface area contributed by atoms with Crippen LogP contribution in [0.1, 0.15) is 15.9 Å². The van der Waals surface area contributed by atoms with Gasteiger partial charge >= 0.3 is 6.18 Å². The van der Waals surface area contributed by atoms with Gasteiger partial charge in [-0.1, -0.05) is 11.6 Å². The summed E-state index contributed by atoms with van der Waals surface area (Å²) in [6, 6.07) is 6.44. The molecule has 0 saturated carbocycles. The normalized spacial score (nSPS) is 11.1. The maximum absolute atomic E-state index is 12.5. The lowest BCUT2D eigenvalue weighted by molar-refractivity contribution is -0.137. The number of nitrogens with one attached hydrogen (secondary N) is 1. The molecule has 1 amide bonds. The topological polar surface area (TPSA) is 77.2 Å². The monoisotopic (exact) mass is 331 g/mol. The van der Waals surface area contributed by atoms with E-state index in [1.807, 2.05) is 5.43 Å². The van der Waals surface area contributed by atoms with Crippen LogP contribution in [0.25, 0.3) is 0 Å². The van der Waals surface area contributed by atoms with Crippen molar-refractivity contribution in [3.8, 4) is 11.6 Å². The van der Waals surface area contributed by atoms with Gasteiger partial charge in [0.15, 0.2) is 0 Å². The minimum absolute atomic E-state index is 0.175. The molecule has 1 heterocycles. The quantitative estimate of drug-likeness (QED) is 0.514. The zero-order chi connectivity index (χ0) is 16.3. The molecule has 0 fully saturated rings. The summed E-state index contributed by atoms with van der Waals surface area (Å²) in [5.41, 5.74) is 1.28. The molecule has 5 nitrogen and oxygen atoms in total. The Balaban J connectivity index is 2.19. The van der Waals surface area contributed by atoms with Gasteiger partial charge in [0, 0.05) is 11.8 Å². The van der Waals surface area contributed by atoms with E-state index in [1.54, 1.807) is 0 Å². The Morgan fingerprint density at radius 3 is 2.41 bits per heavy atom. The van der Waals surface area contributed by atoms with Gasteiger partial charge in [0.2, 0.25) is 5.88 Å². The molecule has 22 heavy (non-hydrogen) atoms. The number of alkyl halides is 3. The van der Waals surface area contributed by atoms with Crippen molar-refractivity contribution in [2.75, 3.05) is 0 Å². The van der Waals surface area contributed by atoms with E-state index in [2.05, 4.69) is 4.98 Å². The first kappa shape index (κ1) is 16.1. The number of nitrogens with two attached hydrogens (primary N) is 1. The van der Waals surface area contributed by atoms with Crippen molar-refractivity contribution in [1.29, 1.82) is 0 Å². The first-order valence-electron chi connectivity index (χ1n) is 5.83. The third kappa shape index (κ3) is 3.66. The Kier molecular flexibility index (Phi) is 4.53. The molecule has 116 valence electrons. The van der Waals surface area contributed by atoms with Crippen LogP contribution in [-0.4, -0.2) is 10.9 Å². The molecule has 1 aromatic heterocycles. The first-order valence-corrected chi connectivity index (χ1v) is 6.20. The van der Waals surface area contributed by atoms with Gasteiger partial charge in [-0.2, -0.15) is 13.2 Å². The molecule has 0 spiro atoms. The van der Waals surface area contributed by atoms with Gasteiger partial charge in [0.05, 0.1) is 5.56 Å². The number of hydrogen-bond donors (Lipinski definition) is 2. The van der Waals surface area contributed by atoms with Crippen LogP contribution in [0.4, 0.5) is 13.2 Å². The fourth-order valence-electron chi connectivity index (χ4n) is 1.52. The summed E-state index contributed by atoms with van der Waals surface area (Å²) in [4.78, 5) is 14.8. The van der Waals surface area contributed by atoms with E-state index in [1.165, 1.54) is 24.3 Å². The highest BCUT2D eigenvalue weighted by molar-refractivity contribution is 6.31. The van der Waals surface area contributed by atoms with Crippen LogP contribution >= 0.6 is 11.6 Å². The number of amides is 1. The fraction of sp³-hybridized carbons (Fsp3) is 0.0769. The number of ether oxygens (including phenoxy) is 1. The van der Waals surface area contributed by atoms with Gasteiger partial charge in [0.25, 0.3) is 5.91 Å². The number of carbonyl (C=O) groups excluding carboxylic acids is 1.